The molecule has 1 heterocycles. The van der Waals surface area contributed by atoms with Crippen LogP contribution in [0, 0.1) is 0 Å². The average molecular weight is 233 g/mol. The topological polar surface area (TPSA) is 34.4 Å². The van der Waals surface area contributed by atoms with Crippen LogP contribution in [0.4, 0.5) is 0 Å². The molecular formula is C14H19NO2. The van der Waals surface area contributed by atoms with E-state index in [1.165, 1.54) is 0 Å². The number of fused-ring (bicyclic) bond motifs is 1. The molecule has 1 atom stereocenters. The fourth-order valence-electron chi connectivity index (χ4n) is 2.09. The fraction of sp³-hybridized carbons (Fsp3) is 0.429. The Morgan fingerprint density at radius 3 is 2.59 bits per heavy atom. The van der Waals surface area contributed by atoms with Crippen molar-refractivity contribution in [2.45, 2.75) is 25.5 Å². The second-order valence-electron chi connectivity index (χ2n) is 4.72. The SMILES string of the molecule is CNC(c1cc2ccccc2o1)C(C)(C)OC. The first kappa shape index (κ1) is 12.1. The number of nitrogens with one attached hydrogen (secondary N) is 1. The van der Waals surface area contributed by atoms with Crippen LogP contribution in [0.25, 0.3) is 11.0 Å². The first-order valence-electron chi connectivity index (χ1n) is 5.79. The van der Waals surface area contributed by atoms with E-state index in [1.54, 1.807) is 7.11 Å². The predicted molar refractivity (Wildman–Crippen MR) is 69.1 cm³/mol. The summed E-state index contributed by atoms with van der Waals surface area (Å²) in [7, 11) is 3.63. The summed E-state index contributed by atoms with van der Waals surface area (Å²) in [5.41, 5.74) is 0.595. The van der Waals surface area contributed by atoms with Gasteiger partial charge in [-0.1, -0.05) is 18.2 Å². The number of rotatable bonds is 4. The number of furan rings is 1. The van der Waals surface area contributed by atoms with E-state index < -0.39 is 0 Å². The Labute approximate surface area is 102 Å². The molecule has 0 amide bonds. The van der Waals surface area contributed by atoms with Gasteiger partial charge in [0, 0.05) is 12.5 Å². The zero-order valence-corrected chi connectivity index (χ0v) is 10.8. The first-order valence-corrected chi connectivity index (χ1v) is 5.79. The van der Waals surface area contributed by atoms with Gasteiger partial charge in [0.25, 0.3) is 0 Å². The third kappa shape index (κ3) is 2.21. The lowest BCUT2D eigenvalue weighted by Gasteiger charge is -2.31. The van der Waals surface area contributed by atoms with Gasteiger partial charge in [0.05, 0.1) is 11.6 Å². The van der Waals surface area contributed by atoms with Crippen LogP contribution in [-0.2, 0) is 4.74 Å². The third-order valence-electron chi connectivity index (χ3n) is 3.24. The van der Waals surface area contributed by atoms with Crippen molar-refractivity contribution in [2.75, 3.05) is 14.2 Å². The Morgan fingerprint density at radius 1 is 1.29 bits per heavy atom. The van der Waals surface area contributed by atoms with Crippen molar-refractivity contribution < 1.29 is 9.15 Å². The summed E-state index contributed by atoms with van der Waals surface area (Å²) in [6.45, 7) is 4.09. The summed E-state index contributed by atoms with van der Waals surface area (Å²) in [5, 5.41) is 4.37. The summed E-state index contributed by atoms with van der Waals surface area (Å²) >= 11 is 0. The Morgan fingerprint density at radius 2 is 2.00 bits per heavy atom. The molecule has 0 bridgehead atoms. The van der Waals surface area contributed by atoms with Crippen LogP contribution >= 0.6 is 0 Å². The zero-order chi connectivity index (χ0) is 12.5. The highest BCUT2D eigenvalue weighted by Gasteiger charge is 2.32. The third-order valence-corrected chi connectivity index (χ3v) is 3.24. The molecule has 1 aromatic carbocycles. The van der Waals surface area contributed by atoms with Crippen LogP contribution in [0.1, 0.15) is 25.6 Å². The van der Waals surface area contributed by atoms with Gasteiger partial charge in [-0.25, -0.2) is 0 Å². The second kappa shape index (κ2) is 4.51. The van der Waals surface area contributed by atoms with Gasteiger partial charge in [0.1, 0.15) is 11.3 Å². The van der Waals surface area contributed by atoms with Crippen molar-refractivity contribution in [3.05, 3.63) is 36.1 Å². The van der Waals surface area contributed by atoms with Crippen LogP contribution in [0.5, 0.6) is 0 Å². The number of likely N-dealkylation sites (N-methyl/N-ethyl adjacent to an activating group) is 1. The Bertz CT molecular complexity index is 469. The lowest BCUT2D eigenvalue weighted by molar-refractivity contribution is -0.0143. The molecule has 0 radical (unpaired) electrons. The van der Waals surface area contributed by atoms with Crippen LogP contribution in [0.15, 0.2) is 34.7 Å². The van der Waals surface area contributed by atoms with E-state index in [0.29, 0.717) is 0 Å². The zero-order valence-electron chi connectivity index (χ0n) is 10.8. The van der Waals surface area contributed by atoms with Crippen molar-refractivity contribution in [1.29, 1.82) is 0 Å². The molecular weight excluding hydrogens is 214 g/mol. The first-order chi connectivity index (χ1) is 8.08. The van der Waals surface area contributed by atoms with Gasteiger partial charge in [0.2, 0.25) is 0 Å². The maximum atomic E-state index is 5.87. The van der Waals surface area contributed by atoms with Crippen molar-refractivity contribution >= 4 is 11.0 Å². The maximum absolute atomic E-state index is 5.87. The summed E-state index contributed by atoms with van der Waals surface area (Å²) in [4.78, 5) is 0. The molecule has 1 aromatic heterocycles. The molecule has 3 nitrogen and oxygen atoms in total. The molecule has 17 heavy (non-hydrogen) atoms. The largest absolute Gasteiger partial charge is 0.459 e. The lowest BCUT2D eigenvalue weighted by atomic mass is 9.96. The smallest absolute Gasteiger partial charge is 0.134 e. The van der Waals surface area contributed by atoms with E-state index >= 15 is 0 Å². The van der Waals surface area contributed by atoms with Gasteiger partial charge in [-0.3, -0.25) is 0 Å². The average Bonchev–Trinajstić information content (AvgIpc) is 2.72. The van der Waals surface area contributed by atoms with Gasteiger partial charge in [-0.15, -0.1) is 0 Å². The summed E-state index contributed by atoms with van der Waals surface area (Å²) in [5.74, 6) is 0.903. The number of benzene rings is 1. The van der Waals surface area contributed by atoms with E-state index in [1.807, 2.05) is 39.1 Å². The van der Waals surface area contributed by atoms with Gasteiger partial charge >= 0.3 is 0 Å². The van der Waals surface area contributed by atoms with E-state index in [4.69, 9.17) is 9.15 Å². The van der Waals surface area contributed by atoms with E-state index in [0.717, 1.165) is 16.7 Å². The molecule has 0 spiro atoms. The van der Waals surface area contributed by atoms with Crippen molar-refractivity contribution in [3.8, 4) is 0 Å². The van der Waals surface area contributed by atoms with Crippen LogP contribution in [0.3, 0.4) is 0 Å². The van der Waals surface area contributed by atoms with E-state index in [2.05, 4.69) is 17.4 Å². The highest BCUT2D eigenvalue weighted by Crippen LogP contribution is 2.31. The number of ether oxygens (including phenoxy) is 1. The Hall–Kier alpha value is -1.32. The van der Waals surface area contributed by atoms with Gasteiger partial charge in [-0.2, -0.15) is 0 Å². The van der Waals surface area contributed by atoms with Crippen LogP contribution < -0.4 is 5.32 Å². The quantitative estimate of drug-likeness (QED) is 0.881. The molecule has 0 saturated heterocycles. The Kier molecular flexibility index (Phi) is 3.22. The maximum Gasteiger partial charge on any atom is 0.134 e. The minimum Gasteiger partial charge on any atom is -0.459 e. The monoisotopic (exact) mass is 233 g/mol. The predicted octanol–water partition coefficient (Wildman–Crippen LogP) is 3.12. The molecule has 0 aliphatic carbocycles. The van der Waals surface area contributed by atoms with Crippen molar-refractivity contribution in [2.24, 2.45) is 0 Å². The summed E-state index contributed by atoms with van der Waals surface area (Å²) in [6.07, 6.45) is 0. The standard InChI is InChI=1S/C14H19NO2/c1-14(2,16-4)13(15-3)12-9-10-7-5-6-8-11(10)17-12/h5-9,13,15H,1-4H3. The number of hydrogen-bond acceptors (Lipinski definition) is 3. The Balaban J connectivity index is 2.43. The minimum atomic E-state index is -0.317. The normalized spacial score (nSPS) is 14.1. The second-order valence-corrected chi connectivity index (χ2v) is 4.72. The molecule has 3 heteroatoms. The van der Waals surface area contributed by atoms with E-state index in [9.17, 15) is 0 Å². The van der Waals surface area contributed by atoms with Crippen molar-refractivity contribution in [1.82, 2.24) is 5.32 Å². The molecule has 1 unspecified atom stereocenters. The number of para-hydroxylation sites is 1. The van der Waals surface area contributed by atoms with Gasteiger partial charge in [-0.05, 0) is 33.0 Å². The fourth-order valence-corrected chi connectivity index (χ4v) is 2.09. The summed E-state index contributed by atoms with van der Waals surface area (Å²) in [6, 6.07) is 10.1. The molecule has 2 rings (SSSR count). The number of hydrogen-bond donors (Lipinski definition) is 1. The number of methoxy groups -OCH3 is 1. The molecule has 0 saturated carbocycles. The minimum absolute atomic E-state index is 0.0277. The van der Waals surface area contributed by atoms with Crippen molar-refractivity contribution in [3.63, 3.8) is 0 Å². The molecule has 0 aliphatic heterocycles. The lowest BCUT2D eigenvalue weighted by Crippen LogP contribution is -2.38. The molecule has 0 fully saturated rings. The highest BCUT2D eigenvalue weighted by atomic mass is 16.5. The summed E-state index contributed by atoms with van der Waals surface area (Å²) < 4.78 is 11.4. The van der Waals surface area contributed by atoms with E-state index in [-0.39, 0.29) is 11.6 Å². The molecule has 1 N–H and O–H groups in total. The van der Waals surface area contributed by atoms with Gasteiger partial charge in [0.15, 0.2) is 0 Å². The molecule has 2 aromatic rings. The van der Waals surface area contributed by atoms with Crippen LogP contribution in [-0.4, -0.2) is 19.8 Å². The molecule has 0 aliphatic rings. The highest BCUT2D eigenvalue weighted by molar-refractivity contribution is 5.77. The van der Waals surface area contributed by atoms with Gasteiger partial charge < -0.3 is 14.5 Å². The molecule has 92 valence electrons. The van der Waals surface area contributed by atoms with Crippen LogP contribution in [0.2, 0.25) is 0 Å².